The third kappa shape index (κ3) is 6.20. The fraction of sp³-hybridized carbons (Fsp3) is 0.118. The third-order valence-electron chi connectivity index (χ3n) is 3.23. The molecule has 0 atom stereocenters. The van der Waals surface area contributed by atoms with E-state index in [1.54, 1.807) is 0 Å². The Morgan fingerprint density at radius 1 is 1.04 bits per heavy atom. The van der Waals surface area contributed by atoms with Gasteiger partial charge in [-0.05, 0) is 36.4 Å². The highest BCUT2D eigenvalue weighted by Gasteiger charge is 2.12. The van der Waals surface area contributed by atoms with Gasteiger partial charge < -0.3 is 15.4 Å². The maximum absolute atomic E-state index is 12.8. The molecular formula is C17H14FN3O6. The fourth-order valence-corrected chi connectivity index (χ4v) is 1.92. The number of rotatable bonds is 7. The Balaban J connectivity index is 1.72. The second-order valence-electron chi connectivity index (χ2n) is 5.20. The maximum atomic E-state index is 12.8. The van der Waals surface area contributed by atoms with Crippen molar-refractivity contribution in [1.82, 2.24) is 5.32 Å². The molecule has 140 valence electrons. The minimum Gasteiger partial charge on any atom is -0.454 e. The van der Waals surface area contributed by atoms with E-state index in [4.69, 9.17) is 4.74 Å². The van der Waals surface area contributed by atoms with Crippen LogP contribution in [0.25, 0.3) is 0 Å². The van der Waals surface area contributed by atoms with Crippen molar-refractivity contribution in [2.45, 2.75) is 0 Å². The number of ether oxygens (including phenoxy) is 1. The molecule has 0 aromatic heterocycles. The second-order valence-corrected chi connectivity index (χ2v) is 5.20. The highest BCUT2D eigenvalue weighted by Crippen LogP contribution is 2.15. The molecule has 0 spiro atoms. The van der Waals surface area contributed by atoms with E-state index in [0.717, 1.165) is 12.1 Å². The molecule has 0 saturated carbocycles. The quantitative estimate of drug-likeness (QED) is 0.430. The van der Waals surface area contributed by atoms with Crippen LogP contribution in [0.1, 0.15) is 10.4 Å². The minimum absolute atomic E-state index is 0.128. The molecule has 0 bridgehead atoms. The number of hydrogen-bond donors (Lipinski definition) is 2. The fourth-order valence-electron chi connectivity index (χ4n) is 1.92. The average molecular weight is 375 g/mol. The van der Waals surface area contributed by atoms with E-state index in [1.807, 2.05) is 0 Å². The molecule has 0 heterocycles. The zero-order valence-corrected chi connectivity index (χ0v) is 13.8. The van der Waals surface area contributed by atoms with Gasteiger partial charge in [0.15, 0.2) is 6.61 Å². The van der Waals surface area contributed by atoms with Gasteiger partial charge in [0, 0.05) is 23.4 Å². The molecule has 0 aliphatic carbocycles. The summed E-state index contributed by atoms with van der Waals surface area (Å²) in [7, 11) is 0. The van der Waals surface area contributed by atoms with Crippen LogP contribution in [0.15, 0.2) is 48.5 Å². The summed E-state index contributed by atoms with van der Waals surface area (Å²) >= 11 is 0. The van der Waals surface area contributed by atoms with Gasteiger partial charge in [-0.2, -0.15) is 0 Å². The van der Waals surface area contributed by atoms with Crippen molar-refractivity contribution in [2.75, 3.05) is 18.5 Å². The summed E-state index contributed by atoms with van der Waals surface area (Å²) in [6.07, 6.45) is 0. The van der Waals surface area contributed by atoms with Crippen LogP contribution in [0, 0.1) is 15.9 Å². The lowest BCUT2D eigenvalue weighted by atomic mass is 10.2. The molecule has 0 radical (unpaired) electrons. The van der Waals surface area contributed by atoms with Crippen LogP contribution >= 0.6 is 0 Å². The Bertz CT molecular complexity index is 852. The molecular weight excluding hydrogens is 361 g/mol. The van der Waals surface area contributed by atoms with E-state index in [9.17, 15) is 28.9 Å². The molecule has 10 heteroatoms. The van der Waals surface area contributed by atoms with Crippen molar-refractivity contribution in [3.05, 3.63) is 70.0 Å². The first-order valence-corrected chi connectivity index (χ1v) is 7.59. The Labute approximate surface area is 152 Å². The van der Waals surface area contributed by atoms with Crippen LogP contribution in [0.5, 0.6) is 0 Å². The molecule has 0 unspecified atom stereocenters. The number of nitro groups is 1. The van der Waals surface area contributed by atoms with Crippen molar-refractivity contribution in [3.8, 4) is 0 Å². The van der Waals surface area contributed by atoms with Crippen LogP contribution in [0.3, 0.4) is 0 Å². The van der Waals surface area contributed by atoms with E-state index in [2.05, 4.69) is 10.6 Å². The van der Waals surface area contributed by atoms with Gasteiger partial charge in [0.05, 0.1) is 4.92 Å². The number of nitrogens with zero attached hydrogens (tertiary/aromatic N) is 1. The summed E-state index contributed by atoms with van der Waals surface area (Å²) in [5.74, 6) is -2.58. The number of anilines is 1. The standard InChI is InChI=1S/C17H14FN3O6/c18-12-3-1-11(2-4-12)17(24)19-9-16(23)27-10-15(22)20-13-5-7-14(8-6-13)21(25)26/h1-8H,9-10H2,(H,19,24)(H,20,22). The summed E-state index contributed by atoms with van der Waals surface area (Å²) in [6.45, 7) is -1.07. The van der Waals surface area contributed by atoms with Crippen molar-refractivity contribution in [2.24, 2.45) is 0 Å². The number of nitro benzene ring substituents is 1. The zero-order chi connectivity index (χ0) is 19.8. The number of esters is 1. The highest BCUT2D eigenvalue weighted by molar-refractivity contribution is 5.96. The first kappa shape index (κ1) is 19.5. The van der Waals surface area contributed by atoms with E-state index < -0.39 is 41.7 Å². The Morgan fingerprint density at radius 3 is 2.26 bits per heavy atom. The van der Waals surface area contributed by atoms with Crippen LogP contribution < -0.4 is 10.6 Å². The highest BCUT2D eigenvalue weighted by atomic mass is 19.1. The summed E-state index contributed by atoms with van der Waals surface area (Å²) < 4.78 is 17.5. The van der Waals surface area contributed by atoms with Gasteiger partial charge in [-0.3, -0.25) is 24.5 Å². The van der Waals surface area contributed by atoms with Crippen molar-refractivity contribution >= 4 is 29.2 Å². The van der Waals surface area contributed by atoms with Gasteiger partial charge >= 0.3 is 5.97 Å². The zero-order valence-electron chi connectivity index (χ0n) is 13.8. The van der Waals surface area contributed by atoms with Crippen LogP contribution in [0.4, 0.5) is 15.8 Å². The molecule has 27 heavy (non-hydrogen) atoms. The molecule has 2 amide bonds. The van der Waals surface area contributed by atoms with Crippen molar-refractivity contribution in [1.29, 1.82) is 0 Å². The van der Waals surface area contributed by atoms with Crippen LogP contribution in [0.2, 0.25) is 0 Å². The van der Waals surface area contributed by atoms with Crippen molar-refractivity contribution in [3.63, 3.8) is 0 Å². The van der Waals surface area contributed by atoms with Gasteiger partial charge in [0.2, 0.25) is 0 Å². The Kier molecular flexibility index (Phi) is 6.53. The van der Waals surface area contributed by atoms with Gasteiger partial charge in [-0.15, -0.1) is 0 Å². The van der Waals surface area contributed by atoms with Crippen LogP contribution in [-0.4, -0.2) is 35.9 Å². The Morgan fingerprint density at radius 2 is 1.67 bits per heavy atom. The number of benzene rings is 2. The van der Waals surface area contributed by atoms with Crippen LogP contribution in [-0.2, 0) is 14.3 Å². The average Bonchev–Trinajstić information content (AvgIpc) is 2.65. The van der Waals surface area contributed by atoms with Crippen molar-refractivity contribution < 1.29 is 28.4 Å². The van der Waals surface area contributed by atoms with Gasteiger partial charge in [0.25, 0.3) is 17.5 Å². The number of amides is 2. The molecule has 0 fully saturated rings. The molecule has 2 aromatic rings. The normalized spacial score (nSPS) is 9.96. The molecule has 0 aliphatic rings. The molecule has 0 saturated heterocycles. The molecule has 2 rings (SSSR count). The number of hydrogen-bond acceptors (Lipinski definition) is 6. The first-order valence-electron chi connectivity index (χ1n) is 7.59. The van der Waals surface area contributed by atoms with E-state index >= 15 is 0 Å². The number of carbonyl (C=O) groups excluding carboxylic acids is 3. The monoisotopic (exact) mass is 375 g/mol. The second kappa shape index (κ2) is 9.04. The predicted octanol–water partition coefficient (Wildman–Crippen LogP) is 1.65. The lowest BCUT2D eigenvalue weighted by molar-refractivity contribution is -0.384. The molecule has 2 aromatic carbocycles. The summed E-state index contributed by atoms with van der Waals surface area (Å²) in [5, 5.41) is 15.2. The van der Waals surface area contributed by atoms with Gasteiger partial charge in [0.1, 0.15) is 12.4 Å². The summed E-state index contributed by atoms with van der Waals surface area (Å²) in [5.41, 5.74) is 0.336. The smallest absolute Gasteiger partial charge is 0.325 e. The Hall–Kier alpha value is -3.82. The number of nitrogens with one attached hydrogen (secondary N) is 2. The summed E-state index contributed by atoms with van der Waals surface area (Å²) in [4.78, 5) is 45.0. The van der Waals surface area contributed by atoms with E-state index in [1.165, 1.54) is 36.4 Å². The molecule has 9 nitrogen and oxygen atoms in total. The van der Waals surface area contributed by atoms with E-state index in [0.29, 0.717) is 5.69 Å². The maximum Gasteiger partial charge on any atom is 0.325 e. The molecule has 0 aliphatic heterocycles. The number of non-ortho nitro benzene ring substituents is 1. The minimum atomic E-state index is -0.843. The predicted molar refractivity (Wildman–Crippen MR) is 91.4 cm³/mol. The SMILES string of the molecule is O=C(COC(=O)CNC(=O)c1ccc(F)cc1)Nc1ccc([N+](=O)[O-])cc1. The number of carbonyl (C=O) groups is 3. The lowest BCUT2D eigenvalue weighted by Crippen LogP contribution is -2.32. The molecule has 2 N–H and O–H groups in total. The lowest BCUT2D eigenvalue weighted by Gasteiger charge is -2.07. The largest absolute Gasteiger partial charge is 0.454 e. The van der Waals surface area contributed by atoms with Gasteiger partial charge in [-0.1, -0.05) is 0 Å². The first-order chi connectivity index (χ1) is 12.8. The van der Waals surface area contributed by atoms with Gasteiger partial charge in [-0.25, -0.2) is 4.39 Å². The summed E-state index contributed by atoms with van der Waals surface area (Å²) in [6, 6.07) is 9.83. The topological polar surface area (TPSA) is 128 Å². The van der Waals surface area contributed by atoms with E-state index in [-0.39, 0.29) is 11.3 Å². The third-order valence-corrected chi connectivity index (χ3v) is 3.23. The number of halogens is 1.